The Morgan fingerprint density at radius 2 is 1.85 bits per heavy atom. The fraction of sp³-hybridized carbons (Fsp3) is 0.167. The number of nitrogens with zero attached hydrogens (tertiary/aromatic N) is 3. The third-order valence-corrected chi connectivity index (χ3v) is 3.91. The van der Waals surface area contributed by atoms with Crippen LogP contribution in [0, 0.1) is 0 Å². The van der Waals surface area contributed by atoms with Gasteiger partial charge in [-0.15, -0.1) is 0 Å². The molecule has 20 heavy (non-hydrogen) atoms. The Balaban J connectivity index is 2.28. The highest BCUT2D eigenvalue weighted by Crippen LogP contribution is 2.20. The van der Waals surface area contributed by atoms with Gasteiger partial charge in [-0.2, -0.15) is 0 Å². The molecule has 7 nitrogen and oxygen atoms in total. The normalized spacial score (nSPS) is 11.1. The van der Waals surface area contributed by atoms with Gasteiger partial charge in [0.1, 0.15) is 4.90 Å². The fourth-order valence-electron chi connectivity index (χ4n) is 1.53. The zero-order valence-electron chi connectivity index (χ0n) is 11.1. The lowest BCUT2D eigenvalue weighted by Crippen LogP contribution is -2.15. The summed E-state index contributed by atoms with van der Waals surface area (Å²) in [6.45, 7) is 0. The summed E-state index contributed by atoms with van der Waals surface area (Å²) in [7, 11) is 0.0312. The second-order valence-electron chi connectivity index (χ2n) is 4.33. The van der Waals surface area contributed by atoms with Gasteiger partial charge in [0.2, 0.25) is 5.95 Å². The molecule has 0 spiro atoms. The molecule has 0 fully saturated rings. The summed E-state index contributed by atoms with van der Waals surface area (Å²) in [6, 6.07) is 7.05. The molecule has 2 rings (SSSR count). The average Bonchev–Trinajstić information content (AvgIpc) is 2.39. The van der Waals surface area contributed by atoms with Crippen LogP contribution in [-0.4, -0.2) is 32.5 Å². The van der Waals surface area contributed by atoms with E-state index in [0.29, 0.717) is 5.69 Å². The molecule has 1 aromatic carbocycles. The van der Waals surface area contributed by atoms with Crippen molar-refractivity contribution in [3.8, 4) is 0 Å². The van der Waals surface area contributed by atoms with E-state index < -0.39 is 10.0 Å². The molecule has 0 unspecified atom stereocenters. The first-order valence-electron chi connectivity index (χ1n) is 5.76. The van der Waals surface area contributed by atoms with E-state index in [0.717, 1.165) is 5.69 Å². The molecule has 0 aliphatic rings. The molecule has 2 aromatic rings. The molecule has 0 radical (unpaired) electrons. The summed E-state index contributed by atoms with van der Waals surface area (Å²) in [5.74, 6) is 0.0264. The van der Waals surface area contributed by atoms with Crippen LogP contribution in [0.1, 0.15) is 0 Å². The van der Waals surface area contributed by atoms with Crippen molar-refractivity contribution in [1.82, 2.24) is 9.97 Å². The Kier molecular flexibility index (Phi) is 3.75. The highest BCUT2D eigenvalue weighted by Gasteiger charge is 2.15. The lowest BCUT2D eigenvalue weighted by atomic mass is 10.3. The third kappa shape index (κ3) is 3.15. The number of sulfonamides is 1. The maximum Gasteiger partial charge on any atom is 0.264 e. The number of rotatable bonds is 4. The first-order valence-corrected chi connectivity index (χ1v) is 7.24. The molecular formula is C12H15N5O2S. The first-order chi connectivity index (χ1) is 9.38. The quantitative estimate of drug-likeness (QED) is 0.869. The summed E-state index contributed by atoms with van der Waals surface area (Å²) in [6.07, 6.45) is 2.33. The molecule has 0 atom stereocenters. The molecule has 1 aromatic heterocycles. The number of nitrogens with two attached hydrogens (primary N) is 1. The Labute approximate surface area is 117 Å². The van der Waals surface area contributed by atoms with Crippen molar-refractivity contribution < 1.29 is 8.42 Å². The molecule has 0 aliphatic carbocycles. The van der Waals surface area contributed by atoms with E-state index in [1.807, 2.05) is 25.1 Å². The summed E-state index contributed by atoms with van der Waals surface area (Å²) < 4.78 is 26.8. The van der Waals surface area contributed by atoms with Crippen molar-refractivity contribution in [2.24, 2.45) is 0 Å². The van der Waals surface area contributed by atoms with E-state index in [1.165, 1.54) is 12.4 Å². The van der Waals surface area contributed by atoms with Crippen molar-refractivity contribution in [1.29, 1.82) is 0 Å². The van der Waals surface area contributed by atoms with E-state index in [-0.39, 0.29) is 10.8 Å². The van der Waals surface area contributed by atoms with Crippen LogP contribution in [0.2, 0.25) is 0 Å². The van der Waals surface area contributed by atoms with E-state index in [9.17, 15) is 8.42 Å². The van der Waals surface area contributed by atoms with Crippen LogP contribution < -0.4 is 15.4 Å². The van der Waals surface area contributed by atoms with Crippen LogP contribution in [0.5, 0.6) is 0 Å². The lowest BCUT2D eigenvalue weighted by Gasteiger charge is -2.14. The van der Waals surface area contributed by atoms with E-state index in [4.69, 9.17) is 5.73 Å². The Hall–Kier alpha value is -2.35. The highest BCUT2D eigenvalue weighted by atomic mass is 32.2. The van der Waals surface area contributed by atoms with Gasteiger partial charge in [-0.05, 0) is 18.2 Å². The van der Waals surface area contributed by atoms with Crippen LogP contribution in [0.15, 0.2) is 41.6 Å². The van der Waals surface area contributed by atoms with Crippen molar-refractivity contribution in [3.05, 3.63) is 36.7 Å². The minimum Gasteiger partial charge on any atom is -0.378 e. The van der Waals surface area contributed by atoms with Crippen molar-refractivity contribution in [3.63, 3.8) is 0 Å². The van der Waals surface area contributed by atoms with Crippen LogP contribution in [0.4, 0.5) is 17.3 Å². The summed E-state index contributed by atoms with van der Waals surface area (Å²) in [5.41, 5.74) is 6.69. The van der Waals surface area contributed by atoms with Gasteiger partial charge in [0, 0.05) is 19.8 Å². The molecule has 0 bridgehead atoms. The number of hydrogen-bond acceptors (Lipinski definition) is 6. The average molecular weight is 293 g/mol. The van der Waals surface area contributed by atoms with Gasteiger partial charge in [-0.3, -0.25) is 4.72 Å². The predicted molar refractivity (Wildman–Crippen MR) is 78.0 cm³/mol. The molecule has 106 valence electrons. The van der Waals surface area contributed by atoms with Crippen LogP contribution in [0.3, 0.4) is 0 Å². The summed E-state index contributed by atoms with van der Waals surface area (Å²) >= 11 is 0. The number of nitrogen functional groups attached to an aromatic ring is 1. The minimum absolute atomic E-state index is 0.0264. The van der Waals surface area contributed by atoms with E-state index in [2.05, 4.69) is 14.7 Å². The lowest BCUT2D eigenvalue weighted by molar-refractivity contribution is 0.600. The van der Waals surface area contributed by atoms with Gasteiger partial charge >= 0.3 is 0 Å². The van der Waals surface area contributed by atoms with Gasteiger partial charge in [0.25, 0.3) is 10.0 Å². The number of anilines is 3. The number of hydrogen-bond donors (Lipinski definition) is 2. The maximum atomic E-state index is 12.1. The molecule has 0 aliphatic heterocycles. The zero-order valence-corrected chi connectivity index (χ0v) is 11.9. The third-order valence-electron chi connectivity index (χ3n) is 2.57. The fourth-order valence-corrected chi connectivity index (χ4v) is 2.46. The topological polar surface area (TPSA) is 101 Å². The Morgan fingerprint density at radius 1 is 1.20 bits per heavy atom. The minimum atomic E-state index is -3.72. The molecule has 0 saturated carbocycles. The monoisotopic (exact) mass is 293 g/mol. The van der Waals surface area contributed by atoms with Gasteiger partial charge in [-0.1, -0.05) is 6.07 Å². The highest BCUT2D eigenvalue weighted by molar-refractivity contribution is 7.92. The van der Waals surface area contributed by atoms with Gasteiger partial charge in [0.15, 0.2) is 0 Å². The number of aromatic nitrogens is 2. The van der Waals surface area contributed by atoms with Crippen LogP contribution in [-0.2, 0) is 10.0 Å². The molecule has 8 heteroatoms. The standard InChI is InChI=1S/C12H15N5O2S/c1-17(2)10-5-3-4-9(6-10)16-20(18,19)11-7-14-12(13)15-8-11/h3-8,16H,1-2H3,(H2,13,14,15). The Morgan fingerprint density at radius 3 is 2.45 bits per heavy atom. The molecule has 0 amide bonds. The van der Waals surface area contributed by atoms with Crippen LogP contribution >= 0.6 is 0 Å². The van der Waals surface area contributed by atoms with Crippen molar-refractivity contribution in [2.75, 3.05) is 29.5 Å². The second-order valence-corrected chi connectivity index (χ2v) is 6.01. The summed E-state index contributed by atoms with van der Waals surface area (Å²) in [4.78, 5) is 9.18. The van der Waals surface area contributed by atoms with Crippen molar-refractivity contribution >= 4 is 27.3 Å². The molecular weight excluding hydrogens is 278 g/mol. The SMILES string of the molecule is CN(C)c1cccc(NS(=O)(=O)c2cnc(N)nc2)c1. The zero-order chi connectivity index (χ0) is 14.8. The predicted octanol–water partition coefficient (Wildman–Crippen LogP) is 0.926. The van der Waals surface area contributed by atoms with Gasteiger partial charge in [0.05, 0.1) is 18.1 Å². The largest absolute Gasteiger partial charge is 0.378 e. The summed E-state index contributed by atoms with van der Waals surface area (Å²) in [5, 5.41) is 0. The molecule has 3 N–H and O–H groups in total. The molecule has 0 saturated heterocycles. The number of benzene rings is 1. The Bertz CT molecular complexity index is 698. The maximum absolute atomic E-state index is 12.1. The van der Waals surface area contributed by atoms with Gasteiger partial charge < -0.3 is 10.6 Å². The van der Waals surface area contributed by atoms with Gasteiger partial charge in [-0.25, -0.2) is 18.4 Å². The first kappa shape index (κ1) is 14.1. The van der Waals surface area contributed by atoms with E-state index >= 15 is 0 Å². The second kappa shape index (κ2) is 5.33. The molecule has 1 heterocycles. The van der Waals surface area contributed by atoms with E-state index in [1.54, 1.807) is 18.2 Å². The van der Waals surface area contributed by atoms with Crippen molar-refractivity contribution in [2.45, 2.75) is 4.90 Å². The number of nitrogens with one attached hydrogen (secondary N) is 1. The smallest absolute Gasteiger partial charge is 0.264 e. The van der Waals surface area contributed by atoms with Crippen LogP contribution in [0.25, 0.3) is 0 Å².